The van der Waals surface area contributed by atoms with Gasteiger partial charge in [-0.05, 0) is 44.5 Å². The molecule has 0 saturated carbocycles. The maximum Gasteiger partial charge on any atom is 0.816 e. The van der Waals surface area contributed by atoms with E-state index in [1.807, 2.05) is 12.1 Å². The molecule has 0 bridgehead atoms. The normalized spacial score (nSPS) is 21.0. The van der Waals surface area contributed by atoms with Crippen LogP contribution in [0.1, 0.15) is 26.7 Å². The zero-order valence-corrected chi connectivity index (χ0v) is 24.4. The van der Waals surface area contributed by atoms with E-state index in [-0.39, 0.29) is 17.3 Å². The summed E-state index contributed by atoms with van der Waals surface area (Å²) in [5, 5.41) is 4.20. The number of benzene rings is 1. The van der Waals surface area contributed by atoms with E-state index in [1.54, 1.807) is 26.0 Å². The highest BCUT2D eigenvalue weighted by molar-refractivity contribution is 6.68. The Bertz CT molecular complexity index is 1480. The van der Waals surface area contributed by atoms with Crippen molar-refractivity contribution in [3.63, 3.8) is 0 Å². The lowest BCUT2D eigenvalue weighted by Crippen LogP contribution is -2.69. The molecule has 6 rings (SSSR count). The summed E-state index contributed by atoms with van der Waals surface area (Å²) in [7, 11) is 0. The average Bonchev–Trinajstić information content (AvgIpc) is 3.36. The number of fused-ring (bicyclic) bond motifs is 4. The van der Waals surface area contributed by atoms with Gasteiger partial charge >= 0.3 is 13.9 Å². The Kier molecular flexibility index (Phi) is 7.18. The molecular formula is C26H31B2Cl2F4N7. The van der Waals surface area contributed by atoms with Crippen LogP contribution in [0, 0.1) is 0 Å². The molecule has 1 aromatic heterocycles. The molecule has 0 spiro atoms. The van der Waals surface area contributed by atoms with Crippen molar-refractivity contribution in [1.29, 1.82) is 0 Å². The summed E-state index contributed by atoms with van der Waals surface area (Å²) < 4.78 is 64.8. The zero-order chi connectivity index (χ0) is 29.1. The van der Waals surface area contributed by atoms with Crippen molar-refractivity contribution < 1.29 is 26.2 Å². The maximum atomic E-state index is 15.8. The average molecular weight is 610 g/mol. The van der Waals surface area contributed by atoms with Gasteiger partial charge in [-0.15, -0.1) is 0 Å². The first-order valence-corrected chi connectivity index (χ1v) is 14.6. The number of piperazine rings is 1. The first-order chi connectivity index (χ1) is 19.5. The van der Waals surface area contributed by atoms with Gasteiger partial charge in [0.2, 0.25) is 0 Å². The van der Waals surface area contributed by atoms with Crippen LogP contribution in [0.2, 0.25) is 10.0 Å². The van der Waals surface area contributed by atoms with Crippen molar-refractivity contribution in [3.8, 4) is 0 Å². The molecule has 1 fully saturated rings. The molecule has 0 unspecified atom stereocenters. The summed E-state index contributed by atoms with van der Waals surface area (Å²) in [6.45, 7) is -1.08. The number of nitrogens with one attached hydrogen (secondary N) is 1. The number of allylic oxidation sites excluding steroid dienone is 2. The van der Waals surface area contributed by atoms with Crippen molar-refractivity contribution in [3.05, 3.63) is 70.0 Å². The maximum absolute atomic E-state index is 15.8. The van der Waals surface area contributed by atoms with E-state index in [0.717, 1.165) is 66.4 Å². The number of hydrogen-bond acceptors (Lipinski definition) is 5. The van der Waals surface area contributed by atoms with Gasteiger partial charge in [-0.1, -0.05) is 29.3 Å². The predicted molar refractivity (Wildman–Crippen MR) is 158 cm³/mol. The quantitative estimate of drug-likeness (QED) is 0.265. The third-order valence-corrected chi connectivity index (χ3v) is 9.11. The molecule has 1 aromatic carbocycles. The van der Waals surface area contributed by atoms with Gasteiger partial charge in [0, 0.05) is 56.9 Å². The number of pyridine rings is 1. The number of halogens is 6. The minimum atomic E-state index is -4.53. The van der Waals surface area contributed by atoms with E-state index in [1.165, 1.54) is 18.2 Å². The standard InChI is InChI=1S/C26H31B2Cl2F4N7/c1-19-17-20(2)39-23(19)18-38-27(31,32)40-24(9-6-10-25(40)41(38)28(39,33)34)35-11-3-4-12-36-13-15-37(16-14-36)22-8-5-7-21(29)26(22)30/h5-10,17-18,35H,3-4,11-16H2,1-2H3. The van der Waals surface area contributed by atoms with Gasteiger partial charge in [0.05, 0.1) is 28.5 Å². The van der Waals surface area contributed by atoms with Crippen molar-refractivity contribution in [2.24, 2.45) is 0 Å². The fourth-order valence-corrected chi connectivity index (χ4v) is 6.71. The smallest absolute Gasteiger partial charge is 0.421 e. The molecule has 7 nitrogen and oxygen atoms in total. The Labute approximate surface area is 247 Å². The molecule has 4 aliphatic rings. The molecule has 41 heavy (non-hydrogen) atoms. The van der Waals surface area contributed by atoms with Gasteiger partial charge in [0.1, 0.15) is 5.71 Å². The van der Waals surface area contributed by atoms with Crippen LogP contribution in [-0.2, 0) is 0 Å². The second kappa shape index (κ2) is 10.4. The topological polar surface area (TPSA) is 31.9 Å². The van der Waals surface area contributed by atoms with Crippen molar-refractivity contribution >= 4 is 60.2 Å². The van der Waals surface area contributed by atoms with Gasteiger partial charge in [-0.25, -0.2) is 0 Å². The second-order valence-corrected chi connectivity index (χ2v) is 11.7. The van der Waals surface area contributed by atoms with E-state index < -0.39 is 13.9 Å². The molecule has 4 aliphatic heterocycles. The summed E-state index contributed by atoms with van der Waals surface area (Å²) in [5.41, 5.74) is 1.91. The lowest BCUT2D eigenvalue weighted by atomic mass is 9.89. The van der Waals surface area contributed by atoms with E-state index >= 15 is 17.3 Å². The molecule has 5 heterocycles. The van der Waals surface area contributed by atoms with Crippen LogP contribution in [0.15, 0.2) is 59.9 Å². The van der Waals surface area contributed by atoms with Gasteiger partial charge in [0.25, 0.3) is 0 Å². The molecule has 1 saturated heterocycles. The fraction of sp³-hybridized carbons (Fsp3) is 0.385. The van der Waals surface area contributed by atoms with Crippen LogP contribution in [-0.4, -0.2) is 73.2 Å². The monoisotopic (exact) mass is 609 g/mol. The summed E-state index contributed by atoms with van der Waals surface area (Å²) in [5.74, 6) is -0.123. The number of rotatable bonds is 7. The van der Waals surface area contributed by atoms with E-state index in [4.69, 9.17) is 23.2 Å². The first-order valence-electron chi connectivity index (χ1n) is 13.9. The third-order valence-electron chi connectivity index (χ3n) is 8.30. The Hall–Kier alpha value is -2.89. The Balaban J connectivity index is 1.07. The number of hydrazine groups is 1. The number of unbranched alkanes of at least 4 members (excludes halogenated alkanes) is 1. The van der Waals surface area contributed by atoms with Gasteiger partial charge in [0.15, 0.2) is 17.3 Å². The summed E-state index contributed by atoms with van der Waals surface area (Å²) in [6, 6.07) is 10.0. The second-order valence-electron chi connectivity index (χ2n) is 10.9. The molecular weight excluding hydrogens is 579 g/mol. The molecule has 2 aromatic rings. The molecule has 0 atom stereocenters. The summed E-state index contributed by atoms with van der Waals surface area (Å²) in [6.07, 6.45) is 4.34. The Morgan fingerprint density at radius 3 is 2.41 bits per heavy atom. The van der Waals surface area contributed by atoms with Gasteiger partial charge < -0.3 is 41.4 Å². The molecule has 0 aliphatic carbocycles. The predicted octanol–water partition coefficient (Wildman–Crippen LogP) is 5.22. The van der Waals surface area contributed by atoms with Crippen LogP contribution < -0.4 is 19.6 Å². The van der Waals surface area contributed by atoms with E-state index in [0.29, 0.717) is 37.7 Å². The van der Waals surface area contributed by atoms with Crippen LogP contribution in [0.25, 0.3) is 0 Å². The van der Waals surface area contributed by atoms with Gasteiger partial charge in [-0.3, -0.25) is 9.82 Å². The highest BCUT2D eigenvalue weighted by atomic mass is 35.5. The molecule has 0 radical (unpaired) electrons. The number of anilines is 3. The van der Waals surface area contributed by atoms with Gasteiger partial charge in [-0.2, -0.15) is 0 Å². The SMILES string of the molecule is CC1=CC(C)=[N+]2C1=CN1N(c3cccc(NCCCCN4CCN(c5cccc(Cl)c5Cl)CC4)[n+]3[B-]1(F)F)[B-]2(F)F. The van der Waals surface area contributed by atoms with Crippen molar-refractivity contribution in [2.75, 3.05) is 54.4 Å². The summed E-state index contributed by atoms with van der Waals surface area (Å²) in [4.78, 5) is 5.48. The summed E-state index contributed by atoms with van der Waals surface area (Å²) >= 11 is 12.5. The molecule has 218 valence electrons. The lowest BCUT2D eigenvalue weighted by Gasteiger charge is -2.42. The van der Waals surface area contributed by atoms with Crippen LogP contribution >= 0.6 is 23.2 Å². The molecule has 15 heteroatoms. The molecule has 0 amide bonds. The number of hydrogen-bond donors (Lipinski definition) is 1. The van der Waals surface area contributed by atoms with E-state index in [2.05, 4.69) is 15.1 Å². The Morgan fingerprint density at radius 2 is 1.66 bits per heavy atom. The third kappa shape index (κ3) is 4.66. The van der Waals surface area contributed by atoms with Crippen LogP contribution in [0.4, 0.5) is 34.6 Å². The lowest BCUT2D eigenvalue weighted by molar-refractivity contribution is -0.533. The van der Waals surface area contributed by atoms with Crippen LogP contribution in [0.3, 0.4) is 0 Å². The largest absolute Gasteiger partial charge is 0.816 e. The zero-order valence-electron chi connectivity index (χ0n) is 22.9. The number of nitrogens with zero attached hydrogens (tertiary/aromatic N) is 6. The Morgan fingerprint density at radius 1 is 0.927 bits per heavy atom. The highest BCUT2D eigenvalue weighted by Crippen LogP contribution is 2.42. The minimum absolute atomic E-state index is 0.102. The highest BCUT2D eigenvalue weighted by Gasteiger charge is 2.69. The first kappa shape index (κ1) is 28.2. The molecule has 1 N–H and O–H groups in total. The van der Waals surface area contributed by atoms with Crippen molar-refractivity contribution in [2.45, 2.75) is 26.7 Å². The fourth-order valence-electron chi connectivity index (χ4n) is 6.30. The van der Waals surface area contributed by atoms with E-state index in [9.17, 15) is 0 Å². The van der Waals surface area contributed by atoms with Crippen LogP contribution in [0.5, 0.6) is 0 Å². The van der Waals surface area contributed by atoms with Crippen molar-refractivity contribution in [1.82, 2.24) is 9.82 Å². The minimum Gasteiger partial charge on any atom is -0.421 e. The number of aromatic nitrogens is 1.